The molecular formula is C24H26FN3. The minimum absolute atomic E-state index is 0.178. The second kappa shape index (κ2) is 6.77. The second-order valence-electron chi connectivity index (χ2n) is 8.22. The summed E-state index contributed by atoms with van der Waals surface area (Å²) >= 11 is 0. The zero-order chi connectivity index (χ0) is 19.3. The molecule has 4 heteroatoms. The molecule has 3 heterocycles. The topological polar surface area (TPSA) is 18.8 Å². The van der Waals surface area contributed by atoms with E-state index in [-0.39, 0.29) is 5.82 Å². The Morgan fingerprint density at radius 1 is 1.21 bits per heavy atom. The maximum Gasteiger partial charge on any atom is 0.137 e. The number of halogens is 1. The van der Waals surface area contributed by atoms with Crippen molar-refractivity contribution in [3.05, 3.63) is 76.5 Å². The molecule has 5 rings (SSSR count). The molecule has 1 saturated carbocycles. The standard InChI is InChI=1S/C24H26FN3/c1-3-17-10-11-27(14-17)20-8-9-24-26-22(19-5-4-16(2)21(25)12-19)13-23(18-6-7-18)28(24)15-20/h4-5,8-9,12-13,15,17H,3,6-7,10-11,14H2,1-2H3/t17-/m0/s1. The van der Waals surface area contributed by atoms with Crippen molar-refractivity contribution in [1.29, 1.82) is 0 Å². The molecule has 3 nitrogen and oxygen atoms in total. The summed E-state index contributed by atoms with van der Waals surface area (Å²) < 4.78 is 14.1. The number of hydrogen-bond donors (Lipinski definition) is 0. The summed E-state index contributed by atoms with van der Waals surface area (Å²) in [5.41, 5.74) is 6.28. The van der Waals surface area contributed by atoms with Crippen LogP contribution >= 0.6 is 0 Å². The first kappa shape index (κ1) is 17.5. The average molecular weight is 375 g/mol. The first-order valence-corrected chi connectivity index (χ1v) is 10.4. The van der Waals surface area contributed by atoms with Gasteiger partial charge in [0.1, 0.15) is 11.7 Å². The zero-order valence-corrected chi connectivity index (χ0v) is 16.6. The van der Waals surface area contributed by atoms with E-state index in [0.29, 0.717) is 5.56 Å². The quantitative estimate of drug-likeness (QED) is 0.706. The Labute approximate surface area is 166 Å². The van der Waals surface area contributed by atoms with Crippen LogP contribution in [0, 0.1) is 18.7 Å². The lowest BCUT2D eigenvalue weighted by atomic mass is 10.1. The van der Waals surface area contributed by atoms with E-state index in [1.54, 1.807) is 13.0 Å². The van der Waals surface area contributed by atoms with Crippen LogP contribution in [0.4, 0.5) is 4.39 Å². The molecule has 1 aliphatic carbocycles. The third kappa shape index (κ3) is 3.11. The molecule has 1 aromatic carbocycles. The molecule has 0 unspecified atom stereocenters. The molecule has 0 radical (unpaired) electrons. The summed E-state index contributed by atoms with van der Waals surface area (Å²) in [6, 6.07) is 5.38. The van der Waals surface area contributed by atoms with Gasteiger partial charge >= 0.3 is 0 Å². The number of allylic oxidation sites excluding steroid dienone is 3. The van der Waals surface area contributed by atoms with Crippen molar-refractivity contribution in [2.24, 2.45) is 10.9 Å². The van der Waals surface area contributed by atoms with Crippen LogP contribution in [0.25, 0.3) is 5.70 Å². The molecule has 144 valence electrons. The van der Waals surface area contributed by atoms with Crippen LogP contribution in [0.1, 0.15) is 43.7 Å². The Morgan fingerprint density at radius 3 is 2.79 bits per heavy atom. The number of aryl methyl sites for hydroxylation is 1. The molecule has 0 spiro atoms. The number of likely N-dealkylation sites (tertiary alicyclic amines) is 1. The number of fused-ring (bicyclic) bond motifs is 1. The first-order chi connectivity index (χ1) is 13.6. The fourth-order valence-corrected chi connectivity index (χ4v) is 4.20. The predicted molar refractivity (Wildman–Crippen MR) is 112 cm³/mol. The predicted octanol–water partition coefficient (Wildman–Crippen LogP) is 5.38. The number of rotatable bonds is 3. The molecule has 3 aliphatic heterocycles. The van der Waals surface area contributed by atoms with Gasteiger partial charge in [-0.1, -0.05) is 25.5 Å². The highest BCUT2D eigenvalue weighted by Gasteiger charge is 2.30. The number of amidine groups is 1. The Kier molecular flexibility index (Phi) is 4.22. The van der Waals surface area contributed by atoms with Crippen LogP contribution in [-0.2, 0) is 0 Å². The Bertz CT molecular complexity index is 974. The van der Waals surface area contributed by atoms with Gasteiger partial charge in [-0.3, -0.25) is 4.90 Å². The molecular weight excluding hydrogens is 349 g/mol. The van der Waals surface area contributed by atoms with Crippen LogP contribution in [0.5, 0.6) is 0 Å². The summed E-state index contributed by atoms with van der Waals surface area (Å²) in [5, 5.41) is 0. The van der Waals surface area contributed by atoms with Gasteiger partial charge < -0.3 is 4.90 Å². The lowest BCUT2D eigenvalue weighted by molar-refractivity contribution is 0.403. The van der Waals surface area contributed by atoms with Gasteiger partial charge in [0, 0.05) is 30.5 Å². The van der Waals surface area contributed by atoms with Gasteiger partial charge in [0.15, 0.2) is 0 Å². The van der Waals surface area contributed by atoms with Crippen molar-refractivity contribution >= 4 is 11.5 Å². The zero-order valence-electron chi connectivity index (χ0n) is 16.6. The SMILES string of the molecule is CC[C@H]1CCN(C2=CN3C(=NC(c4ccc(C)c(F)c4)=CC3=C3CC3)C=C2)C1. The molecule has 1 atom stereocenters. The van der Waals surface area contributed by atoms with Crippen LogP contribution in [0.3, 0.4) is 0 Å². The fourth-order valence-electron chi connectivity index (χ4n) is 4.20. The van der Waals surface area contributed by atoms with Gasteiger partial charge in [-0.2, -0.15) is 0 Å². The van der Waals surface area contributed by atoms with E-state index in [1.807, 2.05) is 12.1 Å². The molecule has 0 aromatic heterocycles. The van der Waals surface area contributed by atoms with E-state index in [2.05, 4.69) is 41.2 Å². The lowest BCUT2D eigenvalue weighted by Crippen LogP contribution is -2.31. The highest BCUT2D eigenvalue weighted by molar-refractivity contribution is 6.02. The first-order valence-electron chi connectivity index (χ1n) is 10.4. The lowest BCUT2D eigenvalue weighted by Gasteiger charge is -2.32. The van der Waals surface area contributed by atoms with E-state index in [1.165, 1.54) is 29.8 Å². The third-order valence-corrected chi connectivity index (χ3v) is 6.24. The Hall–Kier alpha value is -2.62. The number of benzene rings is 1. The van der Waals surface area contributed by atoms with E-state index in [0.717, 1.165) is 48.9 Å². The summed E-state index contributed by atoms with van der Waals surface area (Å²) in [6.45, 7) is 6.34. The minimum Gasteiger partial charge on any atom is -0.370 e. The molecule has 0 bridgehead atoms. The Morgan fingerprint density at radius 2 is 2.07 bits per heavy atom. The highest BCUT2D eigenvalue weighted by Crippen LogP contribution is 2.39. The average Bonchev–Trinajstić information content (AvgIpc) is 3.45. The molecule has 28 heavy (non-hydrogen) atoms. The molecule has 1 aromatic rings. The van der Waals surface area contributed by atoms with Gasteiger partial charge in [0.05, 0.1) is 11.4 Å². The monoisotopic (exact) mass is 375 g/mol. The van der Waals surface area contributed by atoms with Crippen molar-refractivity contribution in [2.75, 3.05) is 13.1 Å². The van der Waals surface area contributed by atoms with Crippen LogP contribution in [0.15, 0.2) is 64.6 Å². The smallest absolute Gasteiger partial charge is 0.137 e. The van der Waals surface area contributed by atoms with E-state index >= 15 is 0 Å². The summed E-state index contributed by atoms with van der Waals surface area (Å²) in [5.74, 6) is 1.54. The maximum absolute atomic E-state index is 14.1. The molecule has 4 aliphatic rings. The van der Waals surface area contributed by atoms with Crippen molar-refractivity contribution in [1.82, 2.24) is 9.80 Å². The third-order valence-electron chi connectivity index (χ3n) is 6.24. The molecule has 1 saturated heterocycles. The number of hydrogen-bond acceptors (Lipinski definition) is 3. The van der Waals surface area contributed by atoms with Gasteiger partial charge in [-0.05, 0) is 67.5 Å². The van der Waals surface area contributed by atoms with Gasteiger partial charge in [0.2, 0.25) is 0 Å². The Balaban J connectivity index is 1.48. The normalized spacial score (nSPS) is 23.5. The largest absolute Gasteiger partial charge is 0.370 e. The van der Waals surface area contributed by atoms with Crippen molar-refractivity contribution in [3.8, 4) is 0 Å². The second-order valence-corrected chi connectivity index (χ2v) is 8.22. The maximum atomic E-state index is 14.1. The van der Waals surface area contributed by atoms with E-state index in [4.69, 9.17) is 4.99 Å². The summed E-state index contributed by atoms with van der Waals surface area (Å²) in [4.78, 5) is 9.57. The summed E-state index contributed by atoms with van der Waals surface area (Å²) in [7, 11) is 0. The molecule has 0 N–H and O–H groups in total. The van der Waals surface area contributed by atoms with Crippen LogP contribution < -0.4 is 0 Å². The van der Waals surface area contributed by atoms with Gasteiger partial charge in [0.25, 0.3) is 0 Å². The minimum atomic E-state index is -0.178. The van der Waals surface area contributed by atoms with Gasteiger partial charge in [-0.25, -0.2) is 9.38 Å². The fraction of sp³-hybridized carbons (Fsp3) is 0.375. The molecule has 2 fully saturated rings. The molecule has 0 amide bonds. The van der Waals surface area contributed by atoms with Crippen molar-refractivity contribution in [2.45, 2.75) is 39.5 Å². The summed E-state index contributed by atoms with van der Waals surface area (Å²) in [6.07, 6.45) is 13.5. The van der Waals surface area contributed by atoms with E-state index < -0.39 is 0 Å². The van der Waals surface area contributed by atoms with Crippen molar-refractivity contribution < 1.29 is 4.39 Å². The number of aliphatic imine (C=N–C) groups is 1. The van der Waals surface area contributed by atoms with Crippen molar-refractivity contribution in [3.63, 3.8) is 0 Å². The van der Waals surface area contributed by atoms with Gasteiger partial charge in [-0.15, -0.1) is 0 Å². The highest BCUT2D eigenvalue weighted by atomic mass is 19.1. The van der Waals surface area contributed by atoms with E-state index in [9.17, 15) is 4.39 Å². The van der Waals surface area contributed by atoms with Crippen LogP contribution in [0.2, 0.25) is 0 Å². The number of nitrogens with zero attached hydrogens (tertiary/aromatic N) is 3. The van der Waals surface area contributed by atoms with Crippen LogP contribution in [-0.4, -0.2) is 28.7 Å².